The molecule has 0 aromatic heterocycles. The summed E-state index contributed by atoms with van der Waals surface area (Å²) in [5, 5.41) is 6.56. The molecule has 2 unspecified atom stereocenters. The predicted molar refractivity (Wildman–Crippen MR) is 113 cm³/mol. The van der Waals surface area contributed by atoms with Crippen LogP contribution in [0.1, 0.15) is 39.7 Å². The zero-order valence-electron chi connectivity index (χ0n) is 17.5. The molecule has 2 aromatic rings. The molecule has 150 valence electrons. The largest absolute Gasteiger partial charge is 0.472 e. The zero-order chi connectivity index (χ0) is 19.6. The average Bonchev–Trinajstić information content (AvgIpc) is 2.66. The number of nitrogens with one attached hydrogen (secondary N) is 1. The molecule has 4 nitrogen and oxygen atoms in total. The summed E-state index contributed by atoms with van der Waals surface area (Å²) in [6.45, 7) is 12.8. The van der Waals surface area contributed by atoms with Crippen LogP contribution in [-0.4, -0.2) is 48.0 Å². The molecule has 4 heteroatoms. The number of hydrogen-bond donors (Lipinski definition) is 1. The Kier molecular flexibility index (Phi) is 4.07. The van der Waals surface area contributed by atoms with Gasteiger partial charge in [-0.25, -0.2) is 0 Å². The van der Waals surface area contributed by atoms with Gasteiger partial charge in [-0.2, -0.15) is 0 Å². The minimum absolute atomic E-state index is 0.00660. The molecule has 5 rings (SSSR count). The number of fused-ring (bicyclic) bond motifs is 4. The van der Waals surface area contributed by atoms with Gasteiger partial charge in [0.05, 0.1) is 13.2 Å². The molecule has 3 heterocycles. The molecule has 1 N–H and O–H groups in total. The smallest absolute Gasteiger partial charge is 0.170 e. The van der Waals surface area contributed by atoms with Gasteiger partial charge in [-0.1, -0.05) is 30.3 Å². The molecule has 3 aliphatic rings. The summed E-state index contributed by atoms with van der Waals surface area (Å²) >= 11 is 0. The van der Waals surface area contributed by atoms with Crippen LogP contribution in [0.4, 0.5) is 0 Å². The van der Waals surface area contributed by atoms with Crippen molar-refractivity contribution in [3.63, 3.8) is 0 Å². The van der Waals surface area contributed by atoms with Crippen LogP contribution in [-0.2, 0) is 11.2 Å². The minimum Gasteiger partial charge on any atom is -0.472 e. The highest BCUT2D eigenvalue weighted by atomic mass is 16.5. The fourth-order valence-electron chi connectivity index (χ4n) is 6.20. The van der Waals surface area contributed by atoms with Gasteiger partial charge in [0.1, 0.15) is 5.75 Å². The second kappa shape index (κ2) is 6.19. The van der Waals surface area contributed by atoms with Crippen LogP contribution < -0.4 is 10.1 Å². The van der Waals surface area contributed by atoms with Crippen LogP contribution in [0, 0.1) is 5.92 Å². The number of benzene rings is 2. The fourth-order valence-corrected chi connectivity index (χ4v) is 6.20. The Morgan fingerprint density at radius 1 is 1.00 bits per heavy atom. The molecule has 0 aliphatic carbocycles. The van der Waals surface area contributed by atoms with E-state index < -0.39 is 0 Å². The summed E-state index contributed by atoms with van der Waals surface area (Å²) in [7, 11) is 0. The van der Waals surface area contributed by atoms with Crippen LogP contribution in [0.25, 0.3) is 10.8 Å². The standard InChI is InChI=1S/C24H32N2O2/c1-22(2)16-24(26-11-13-27-14-12-26)21(23(3,4)25-22)15-19-18-8-6-5-7-17(18)9-10-20(19)28-24/h5-10,21,25H,11-16H2,1-4H3. The fraction of sp³-hybridized carbons (Fsp3) is 0.583. The third-order valence-electron chi connectivity index (χ3n) is 7.01. The van der Waals surface area contributed by atoms with Crippen molar-refractivity contribution in [2.75, 3.05) is 26.3 Å². The van der Waals surface area contributed by atoms with Gasteiger partial charge in [-0.15, -0.1) is 0 Å². The first-order valence-corrected chi connectivity index (χ1v) is 10.6. The Labute approximate surface area is 168 Å². The molecule has 0 spiro atoms. The minimum atomic E-state index is -0.294. The van der Waals surface area contributed by atoms with Gasteiger partial charge in [-0.3, -0.25) is 4.90 Å². The molecule has 2 fully saturated rings. The third kappa shape index (κ3) is 2.77. The van der Waals surface area contributed by atoms with Crippen molar-refractivity contribution in [3.05, 3.63) is 42.0 Å². The van der Waals surface area contributed by atoms with Gasteiger partial charge in [0.25, 0.3) is 0 Å². The van der Waals surface area contributed by atoms with E-state index in [0.717, 1.165) is 44.9 Å². The summed E-state index contributed by atoms with van der Waals surface area (Å²) in [5.41, 5.74) is 1.04. The first-order valence-electron chi connectivity index (χ1n) is 10.6. The normalized spacial score (nSPS) is 31.6. The van der Waals surface area contributed by atoms with Crippen LogP contribution in [0.3, 0.4) is 0 Å². The average molecular weight is 381 g/mol. The Balaban J connectivity index is 1.68. The lowest BCUT2D eigenvalue weighted by Crippen LogP contribution is -2.77. The highest BCUT2D eigenvalue weighted by molar-refractivity contribution is 5.88. The molecule has 3 aliphatic heterocycles. The summed E-state index contributed by atoms with van der Waals surface area (Å²) < 4.78 is 12.8. The quantitative estimate of drug-likeness (QED) is 0.812. The van der Waals surface area contributed by atoms with E-state index in [1.54, 1.807) is 0 Å². The Morgan fingerprint density at radius 2 is 1.75 bits per heavy atom. The van der Waals surface area contributed by atoms with E-state index in [1.807, 2.05) is 0 Å². The molecule has 0 saturated carbocycles. The first kappa shape index (κ1) is 18.4. The molecule has 28 heavy (non-hydrogen) atoms. The van der Waals surface area contributed by atoms with Crippen LogP contribution in [0.2, 0.25) is 0 Å². The molecule has 0 amide bonds. The van der Waals surface area contributed by atoms with E-state index in [4.69, 9.17) is 9.47 Å². The van der Waals surface area contributed by atoms with Gasteiger partial charge in [0.15, 0.2) is 5.72 Å². The number of nitrogens with zero attached hydrogens (tertiary/aromatic N) is 1. The lowest BCUT2D eigenvalue weighted by atomic mass is 9.64. The van der Waals surface area contributed by atoms with E-state index in [2.05, 4.69) is 74.3 Å². The highest BCUT2D eigenvalue weighted by Crippen LogP contribution is 2.52. The first-order chi connectivity index (χ1) is 13.3. The maximum absolute atomic E-state index is 7.07. The van der Waals surface area contributed by atoms with Gasteiger partial charge in [-0.05, 0) is 51.0 Å². The SMILES string of the molecule is CC1(C)CC2(N3CCOCC3)Oc3ccc4ccccc4c3CC2C(C)(C)N1. The van der Waals surface area contributed by atoms with E-state index in [1.165, 1.54) is 16.3 Å². The van der Waals surface area contributed by atoms with Gasteiger partial charge < -0.3 is 14.8 Å². The van der Waals surface area contributed by atoms with E-state index >= 15 is 0 Å². The van der Waals surface area contributed by atoms with Crippen molar-refractivity contribution < 1.29 is 9.47 Å². The molecular weight excluding hydrogens is 348 g/mol. The van der Waals surface area contributed by atoms with E-state index in [9.17, 15) is 0 Å². The summed E-state index contributed by atoms with van der Waals surface area (Å²) in [6.07, 6.45) is 2.00. The number of piperidine rings is 1. The Morgan fingerprint density at radius 3 is 2.54 bits per heavy atom. The third-order valence-corrected chi connectivity index (χ3v) is 7.01. The lowest BCUT2D eigenvalue weighted by molar-refractivity contribution is -0.212. The second-order valence-electron chi connectivity index (χ2n) is 9.97. The lowest BCUT2D eigenvalue weighted by Gasteiger charge is -2.63. The Bertz CT molecular complexity index is 901. The van der Waals surface area contributed by atoms with Crippen LogP contribution in [0.15, 0.2) is 36.4 Å². The van der Waals surface area contributed by atoms with Gasteiger partial charge in [0.2, 0.25) is 0 Å². The van der Waals surface area contributed by atoms with E-state index in [-0.39, 0.29) is 16.8 Å². The van der Waals surface area contributed by atoms with Crippen molar-refractivity contribution in [3.8, 4) is 5.75 Å². The van der Waals surface area contributed by atoms with Crippen molar-refractivity contribution in [2.45, 2.75) is 57.3 Å². The predicted octanol–water partition coefficient (Wildman–Crippen LogP) is 3.97. The summed E-state index contributed by atoms with van der Waals surface area (Å²) in [4.78, 5) is 2.57. The zero-order valence-corrected chi connectivity index (χ0v) is 17.5. The highest BCUT2D eigenvalue weighted by Gasteiger charge is 2.61. The second-order valence-corrected chi connectivity index (χ2v) is 9.97. The number of rotatable bonds is 1. The molecule has 2 saturated heterocycles. The van der Waals surface area contributed by atoms with E-state index in [0.29, 0.717) is 5.92 Å². The number of ether oxygens (including phenoxy) is 2. The number of morpholine rings is 1. The topological polar surface area (TPSA) is 33.7 Å². The van der Waals surface area contributed by atoms with Crippen LogP contribution in [0.5, 0.6) is 5.75 Å². The molecule has 2 atom stereocenters. The summed E-state index contributed by atoms with van der Waals surface area (Å²) in [5.74, 6) is 1.43. The van der Waals surface area contributed by atoms with Crippen molar-refractivity contribution in [1.29, 1.82) is 0 Å². The van der Waals surface area contributed by atoms with Gasteiger partial charge >= 0.3 is 0 Å². The van der Waals surface area contributed by atoms with Crippen molar-refractivity contribution in [2.24, 2.45) is 5.92 Å². The van der Waals surface area contributed by atoms with Crippen LogP contribution >= 0.6 is 0 Å². The molecule has 0 radical (unpaired) electrons. The molecule has 2 aromatic carbocycles. The Hall–Kier alpha value is -1.62. The van der Waals surface area contributed by atoms with Crippen molar-refractivity contribution in [1.82, 2.24) is 10.2 Å². The van der Waals surface area contributed by atoms with Gasteiger partial charge in [0, 0.05) is 42.1 Å². The van der Waals surface area contributed by atoms with Crippen molar-refractivity contribution >= 4 is 10.8 Å². The maximum Gasteiger partial charge on any atom is 0.170 e. The maximum atomic E-state index is 7.07. The number of hydrogen-bond acceptors (Lipinski definition) is 4. The molecule has 0 bridgehead atoms. The summed E-state index contributed by atoms with van der Waals surface area (Å²) in [6, 6.07) is 13.1. The molecular formula is C24H32N2O2. The monoisotopic (exact) mass is 380 g/mol.